The smallest absolute Gasteiger partial charge is 0.0943 e. The van der Waals surface area contributed by atoms with Gasteiger partial charge < -0.3 is 4.74 Å². The highest BCUT2D eigenvalue weighted by Crippen LogP contribution is 2.23. The topological polar surface area (TPSA) is 9.23 Å². The number of hydrogen-bond donors (Lipinski definition) is 0. The fraction of sp³-hybridized carbons (Fsp3) is 0.750. The van der Waals surface area contributed by atoms with E-state index in [4.69, 9.17) is 4.74 Å². The maximum absolute atomic E-state index is 5.16. The highest BCUT2D eigenvalue weighted by Gasteiger charge is 2.11. The van der Waals surface area contributed by atoms with Crippen LogP contribution >= 0.6 is 0 Å². The quantitative estimate of drug-likeness (QED) is 0.524. The Morgan fingerprint density at radius 2 is 2.44 bits per heavy atom. The Balaban J connectivity index is 2.53. The molecule has 0 spiro atoms. The molecule has 1 aliphatic carbocycles. The number of hydrogen-bond acceptors (Lipinski definition) is 1. The largest absolute Gasteiger partial charge is 0.501 e. The van der Waals surface area contributed by atoms with E-state index in [9.17, 15) is 0 Å². The number of allylic oxidation sites excluding steroid dienone is 2. The summed E-state index contributed by atoms with van der Waals surface area (Å²) in [6.07, 6.45) is 6.02. The van der Waals surface area contributed by atoms with Crippen molar-refractivity contribution in [3.63, 3.8) is 0 Å². The molecule has 0 amide bonds. The SMILES string of the molecule is COC1=CCCCC1C. The fourth-order valence-electron chi connectivity index (χ4n) is 1.30. The maximum atomic E-state index is 5.16. The third-order valence-corrected chi connectivity index (χ3v) is 1.91. The molecule has 1 rings (SSSR count). The molecule has 0 saturated heterocycles. The monoisotopic (exact) mass is 126 g/mol. The highest BCUT2D eigenvalue weighted by molar-refractivity contribution is 5.00. The first kappa shape index (κ1) is 6.66. The van der Waals surface area contributed by atoms with Gasteiger partial charge in [0.25, 0.3) is 0 Å². The molecule has 0 aromatic carbocycles. The van der Waals surface area contributed by atoms with Crippen LogP contribution in [0, 0.1) is 5.92 Å². The summed E-state index contributed by atoms with van der Waals surface area (Å²) in [4.78, 5) is 0. The average molecular weight is 126 g/mol. The van der Waals surface area contributed by atoms with E-state index < -0.39 is 0 Å². The minimum absolute atomic E-state index is 0.656. The van der Waals surface area contributed by atoms with Gasteiger partial charge >= 0.3 is 0 Å². The standard InChI is InChI=1S/C8H14O/c1-7-5-3-4-6-8(7)9-2/h6-7H,3-5H2,1-2H3. The normalized spacial score (nSPS) is 27.3. The Hall–Kier alpha value is -0.460. The van der Waals surface area contributed by atoms with E-state index >= 15 is 0 Å². The Morgan fingerprint density at radius 3 is 2.89 bits per heavy atom. The first-order valence-electron chi connectivity index (χ1n) is 3.58. The lowest BCUT2D eigenvalue weighted by atomic mass is 9.96. The molecule has 52 valence electrons. The van der Waals surface area contributed by atoms with E-state index in [0.717, 1.165) is 0 Å². The number of methoxy groups -OCH3 is 1. The van der Waals surface area contributed by atoms with Crippen LogP contribution in [0.25, 0.3) is 0 Å². The van der Waals surface area contributed by atoms with Gasteiger partial charge in [0.15, 0.2) is 0 Å². The molecule has 1 aliphatic rings. The molecule has 1 nitrogen and oxygen atoms in total. The van der Waals surface area contributed by atoms with Crippen molar-refractivity contribution in [3.05, 3.63) is 11.8 Å². The van der Waals surface area contributed by atoms with Crippen molar-refractivity contribution in [2.45, 2.75) is 26.2 Å². The van der Waals surface area contributed by atoms with Crippen LogP contribution in [0.5, 0.6) is 0 Å². The summed E-state index contributed by atoms with van der Waals surface area (Å²) in [5, 5.41) is 0. The van der Waals surface area contributed by atoms with Crippen LogP contribution in [0.15, 0.2) is 11.8 Å². The summed E-state index contributed by atoms with van der Waals surface area (Å²) in [6.45, 7) is 2.22. The molecule has 1 heteroatoms. The molecule has 0 bridgehead atoms. The Bertz CT molecular complexity index is 116. The molecule has 0 N–H and O–H groups in total. The van der Waals surface area contributed by atoms with E-state index in [1.807, 2.05) is 0 Å². The van der Waals surface area contributed by atoms with Crippen molar-refractivity contribution >= 4 is 0 Å². The highest BCUT2D eigenvalue weighted by atomic mass is 16.5. The molecular formula is C8H14O. The van der Waals surface area contributed by atoms with Crippen LogP contribution in [-0.4, -0.2) is 7.11 Å². The summed E-state index contributed by atoms with van der Waals surface area (Å²) in [6, 6.07) is 0. The van der Waals surface area contributed by atoms with Gasteiger partial charge in [-0.3, -0.25) is 0 Å². The van der Waals surface area contributed by atoms with Crippen LogP contribution in [-0.2, 0) is 4.74 Å². The molecule has 1 unspecified atom stereocenters. The predicted molar refractivity (Wildman–Crippen MR) is 38.1 cm³/mol. The van der Waals surface area contributed by atoms with E-state index in [-0.39, 0.29) is 0 Å². The van der Waals surface area contributed by atoms with Crippen LogP contribution in [0.2, 0.25) is 0 Å². The van der Waals surface area contributed by atoms with Gasteiger partial charge in [-0.1, -0.05) is 6.92 Å². The van der Waals surface area contributed by atoms with E-state index in [2.05, 4.69) is 13.0 Å². The lowest BCUT2D eigenvalue weighted by Gasteiger charge is -2.18. The van der Waals surface area contributed by atoms with Gasteiger partial charge in [0.1, 0.15) is 0 Å². The number of rotatable bonds is 1. The summed E-state index contributed by atoms with van der Waals surface area (Å²) in [5.74, 6) is 1.84. The minimum Gasteiger partial charge on any atom is -0.501 e. The molecular weight excluding hydrogens is 112 g/mol. The van der Waals surface area contributed by atoms with Gasteiger partial charge in [-0.15, -0.1) is 0 Å². The first-order chi connectivity index (χ1) is 4.34. The second-order valence-electron chi connectivity index (χ2n) is 2.64. The van der Waals surface area contributed by atoms with Crippen LogP contribution < -0.4 is 0 Å². The van der Waals surface area contributed by atoms with Crippen LogP contribution in [0.1, 0.15) is 26.2 Å². The van der Waals surface area contributed by atoms with Gasteiger partial charge in [0.2, 0.25) is 0 Å². The molecule has 0 aliphatic heterocycles. The zero-order valence-electron chi connectivity index (χ0n) is 6.18. The maximum Gasteiger partial charge on any atom is 0.0943 e. The second-order valence-corrected chi connectivity index (χ2v) is 2.64. The Labute approximate surface area is 56.7 Å². The zero-order valence-corrected chi connectivity index (χ0v) is 6.18. The van der Waals surface area contributed by atoms with E-state index in [1.165, 1.54) is 25.0 Å². The Kier molecular flexibility index (Phi) is 2.15. The lowest BCUT2D eigenvalue weighted by molar-refractivity contribution is 0.231. The van der Waals surface area contributed by atoms with E-state index in [1.54, 1.807) is 7.11 Å². The molecule has 9 heavy (non-hydrogen) atoms. The minimum atomic E-state index is 0.656. The van der Waals surface area contributed by atoms with Gasteiger partial charge in [-0.2, -0.15) is 0 Å². The van der Waals surface area contributed by atoms with Crippen molar-refractivity contribution in [2.75, 3.05) is 7.11 Å². The molecule has 0 aromatic rings. The van der Waals surface area contributed by atoms with Crippen molar-refractivity contribution < 1.29 is 4.74 Å². The zero-order chi connectivity index (χ0) is 6.69. The Morgan fingerprint density at radius 1 is 1.67 bits per heavy atom. The van der Waals surface area contributed by atoms with Crippen LogP contribution in [0.4, 0.5) is 0 Å². The van der Waals surface area contributed by atoms with Gasteiger partial charge in [-0.05, 0) is 25.3 Å². The van der Waals surface area contributed by atoms with Crippen molar-refractivity contribution in [1.29, 1.82) is 0 Å². The molecule has 0 heterocycles. The van der Waals surface area contributed by atoms with Crippen molar-refractivity contribution in [1.82, 2.24) is 0 Å². The average Bonchev–Trinajstić information content (AvgIpc) is 1.89. The van der Waals surface area contributed by atoms with Crippen molar-refractivity contribution in [3.8, 4) is 0 Å². The van der Waals surface area contributed by atoms with Crippen molar-refractivity contribution in [2.24, 2.45) is 5.92 Å². The fourth-order valence-corrected chi connectivity index (χ4v) is 1.30. The summed E-state index contributed by atoms with van der Waals surface area (Å²) >= 11 is 0. The van der Waals surface area contributed by atoms with E-state index in [0.29, 0.717) is 5.92 Å². The number of ether oxygens (including phenoxy) is 1. The summed E-state index contributed by atoms with van der Waals surface area (Å²) < 4.78 is 5.16. The molecule has 1 atom stereocenters. The molecule has 0 saturated carbocycles. The van der Waals surface area contributed by atoms with Crippen LogP contribution in [0.3, 0.4) is 0 Å². The third-order valence-electron chi connectivity index (χ3n) is 1.91. The molecule has 0 fully saturated rings. The molecule has 0 radical (unpaired) electrons. The van der Waals surface area contributed by atoms with Gasteiger partial charge in [0, 0.05) is 5.92 Å². The second kappa shape index (κ2) is 2.90. The van der Waals surface area contributed by atoms with Gasteiger partial charge in [0.05, 0.1) is 12.9 Å². The summed E-state index contributed by atoms with van der Waals surface area (Å²) in [5.41, 5.74) is 0. The van der Waals surface area contributed by atoms with Gasteiger partial charge in [-0.25, -0.2) is 0 Å². The third kappa shape index (κ3) is 1.47. The predicted octanol–water partition coefficient (Wildman–Crippen LogP) is 2.34. The lowest BCUT2D eigenvalue weighted by Crippen LogP contribution is -2.05. The molecule has 0 aromatic heterocycles. The summed E-state index contributed by atoms with van der Waals surface area (Å²) in [7, 11) is 1.76. The first-order valence-corrected chi connectivity index (χ1v) is 3.58.